The van der Waals surface area contributed by atoms with E-state index >= 15 is 0 Å². The van der Waals surface area contributed by atoms with Gasteiger partial charge in [0.1, 0.15) is 17.2 Å². The molecule has 0 bridgehead atoms. The molecule has 2 heterocycles. The van der Waals surface area contributed by atoms with Crippen molar-refractivity contribution in [2.45, 2.75) is 85.8 Å². The van der Waals surface area contributed by atoms with Crippen LogP contribution in [0.25, 0.3) is 5.57 Å². The van der Waals surface area contributed by atoms with E-state index in [0.29, 0.717) is 58.7 Å². The van der Waals surface area contributed by atoms with E-state index in [0.717, 1.165) is 17.5 Å². The molecule has 0 saturated heterocycles. The van der Waals surface area contributed by atoms with Gasteiger partial charge in [-0.15, -0.1) is 6.42 Å². The number of aryl methyl sites for hydroxylation is 1. The van der Waals surface area contributed by atoms with Crippen molar-refractivity contribution in [3.63, 3.8) is 0 Å². The van der Waals surface area contributed by atoms with E-state index in [1.165, 1.54) is 30.3 Å². The maximum Gasteiger partial charge on any atom is 0.294 e. The third kappa shape index (κ3) is 12.5. The Morgan fingerprint density at radius 2 is 1.43 bits per heavy atom. The lowest BCUT2D eigenvalue weighted by atomic mass is 9.75. The van der Waals surface area contributed by atoms with Gasteiger partial charge >= 0.3 is 0 Å². The van der Waals surface area contributed by atoms with Gasteiger partial charge in [0.2, 0.25) is 11.6 Å². The summed E-state index contributed by atoms with van der Waals surface area (Å²) in [6.45, 7) is 3.77. The minimum Gasteiger partial charge on any atom is -0.744 e. The van der Waals surface area contributed by atoms with Crippen molar-refractivity contribution in [1.29, 1.82) is 0 Å². The Morgan fingerprint density at radius 3 is 2.02 bits per heavy atom. The molecular formula is C45H53N3O13S4. The van der Waals surface area contributed by atoms with Crippen LogP contribution in [0.2, 0.25) is 0 Å². The number of rotatable bonds is 20. The molecule has 4 N–H and O–H groups in total. The smallest absolute Gasteiger partial charge is 0.294 e. The van der Waals surface area contributed by atoms with E-state index in [1.54, 1.807) is 33.2 Å². The Bertz CT molecular complexity index is 2970. The Kier molecular flexibility index (Phi) is 15.6. The van der Waals surface area contributed by atoms with Crippen molar-refractivity contribution in [3.8, 4) is 12.3 Å². The Balaban J connectivity index is 1.63. The predicted octanol–water partition coefficient (Wildman–Crippen LogP) is 5.55. The van der Waals surface area contributed by atoms with E-state index in [9.17, 15) is 56.7 Å². The number of carbonyl (C=O) groups excluding carboxylic acids is 1. The van der Waals surface area contributed by atoms with Crippen molar-refractivity contribution < 1.29 is 61.3 Å². The zero-order chi connectivity index (χ0) is 48.2. The largest absolute Gasteiger partial charge is 0.744 e. The standard InChI is InChI=1S/C45H53N3O13S4/c1-6-27-46-43(49)12-8-7-11-32-13-15-33(16-14-32)34(17-23-41-44(2,25-9-28-62(50,51)52)37-30-35(64(56,57)58)19-21-39(37)47(41)4)18-24-42-45(3,26-10-29-63(53,54)55)38-31-36(65(59,60)61)20-22-40(38)48(42)5/h1,13-24,30-31H,7-12,25-29H2,2-5H3,(H4-,46,49,50,51,52,53,54,55,56,57,58,59,60,61). The number of likely N-dealkylation sites (N-methyl/N-ethyl adjacent to an activating group) is 1. The Hall–Kier alpha value is -4.98. The van der Waals surface area contributed by atoms with Gasteiger partial charge in [-0.1, -0.05) is 36.3 Å². The second kappa shape index (κ2) is 19.9. The topological polar surface area (TPSA) is 256 Å². The number of allylic oxidation sites excluding steroid dienone is 6. The summed E-state index contributed by atoms with van der Waals surface area (Å²) in [5.74, 6) is 1.13. The molecule has 0 aromatic heterocycles. The van der Waals surface area contributed by atoms with Crippen LogP contribution in [0.1, 0.15) is 81.0 Å². The molecular weight excluding hydrogens is 919 g/mol. The van der Waals surface area contributed by atoms with Crippen LogP contribution < -0.4 is 10.2 Å². The molecule has 5 rings (SSSR count). The average molecular weight is 972 g/mol. The number of benzene rings is 3. The van der Waals surface area contributed by atoms with Gasteiger partial charge in [-0.05, 0) is 124 Å². The van der Waals surface area contributed by atoms with Crippen molar-refractivity contribution in [1.82, 2.24) is 5.32 Å². The molecule has 2 unspecified atom stereocenters. The SMILES string of the molecule is C#CCNC(=O)CCCCc1ccc(C(=C\C=C2N(C)c3ccc(S(=O)(=O)O)cc3C2(C)CCCS(=O)(=O)O)/C=C/C2=[N+](C)c3ccc(S(=O)(=O)[O-])cc3C2(C)CCCS(=O)(=O)O)cc1. The highest BCUT2D eigenvalue weighted by Gasteiger charge is 2.47. The fourth-order valence-electron chi connectivity index (χ4n) is 8.73. The molecule has 3 aromatic rings. The molecule has 0 aliphatic carbocycles. The molecule has 0 radical (unpaired) electrons. The highest BCUT2D eigenvalue weighted by molar-refractivity contribution is 7.86. The number of anilines is 1. The zero-order valence-electron chi connectivity index (χ0n) is 36.4. The first-order chi connectivity index (χ1) is 30.2. The molecule has 0 fully saturated rings. The van der Waals surface area contributed by atoms with E-state index < -0.39 is 67.7 Å². The van der Waals surface area contributed by atoms with Crippen LogP contribution in [-0.4, -0.2) is 100 Å². The van der Waals surface area contributed by atoms with Crippen molar-refractivity contribution >= 4 is 69.0 Å². The van der Waals surface area contributed by atoms with E-state index in [4.69, 9.17) is 6.42 Å². The molecule has 65 heavy (non-hydrogen) atoms. The van der Waals surface area contributed by atoms with Gasteiger partial charge in [0, 0.05) is 48.0 Å². The molecule has 2 aliphatic rings. The van der Waals surface area contributed by atoms with Gasteiger partial charge in [-0.2, -0.15) is 29.8 Å². The Labute approximate surface area is 381 Å². The lowest BCUT2D eigenvalue weighted by molar-refractivity contribution is -0.401. The summed E-state index contributed by atoms with van der Waals surface area (Å²) < 4.78 is 139. The van der Waals surface area contributed by atoms with Gasteiger partial charge in [-0.3, -0.25) is 18.5 Å². The third-order valence-electron chi connectivity index (χ3n) is 12.1. The van der Waals surface area contributed by atoms with Crippen LogP contribution in [0.5, 0.6) is 0 Å². The summed E-state index contributed by atoms with van der Waals surface area (Å²) in [6.07, 6.45) is 15.1. The number of nitrogens with zero attached hydrogens (tertiary/aromatic N) is 2. The van der Waals surface area contributed by atoms with Crippen molar-refractivity contribution in [3.05, 3.63) is 113 Å². The second-order valence-electron chi connectivity index (χ2n) is 16.6. The first-order valence-electron chi connectivity index (χ1n) is 20.6. The predicted molar refractivity (Wildman–Crippen MR) is 247 cm³/mol. The molecule has 350 valence electrons. The molecule has 3 aromatic carbocycles. The molecule has 16 nitrogen and oxygen atoms in total. The van der Waals surface area contributed by atoms with Crippen LogP contribution in [0.3, 0.4) is 0 Å². The first kappa shape index (κ1) is 51.0. The monoisotopic (exact) mass is 971 g/mol. The molecule has 20 heteroatoms. The minimum absolute atomic E-state index is 0.000308. The fourth-order valence-corrected chi connectivity index (χ4v) is 10.7. The van der Waals surface area contributed by atoms with Crippen molar-refractivity contribution in [2.75, 3.05) is 37.0 Å². The number of fused-ring (bicyclic) bond motifs is 2. The third-order valence-corrected chi connectivity index (χ3v) is 15.4. The quantitative estimate of drug-likeness (QED) is 0.0356. The normalized spacial score (nSPS) is 19.8. The second-order valence-corrected chi connectivity index (χ2v) is 22.6. The maximum absolute atomic E-state index is 12.3. The lowest BCUT2D eigenvalue weighted by Gasteiger charge is -2.29. The van der Waals surface area contributed by atoms with Crippen LogP contribution in [0.4, 0.5) is 11.4 Å². The Morgan fingerprint density at radius 1 is 0.831 bits per heavy atom. The van der Waals surface area contributed by atoms with Gasteiger partial charge in [-0.25, -0.2) is 8.42 Å². The highest BCUT2D eigenvalue weighted by atomic mass is 32.2. The summed E-state index contributed by atoms with van der Waals surface area (Å²) >= 11 is 0. The summed E-state index contributed by atoms with van der Waals surface area (Å²) in [7, 11) is -14.7. The van der Waals surface area contributed by atoms with Crippen molar-refractivity contribution in [2.24, 2.45) is 0 Å². The number of nitrogens with one attached hydrogen (secondary N) is 1. The van der Waals surface area contributed by atoms with E-state index in [1.807, 2.05) is 58.9 Å². The molecule has 2 atom stereocenters. The molecule has 1 amide bonds. The van der Waals surface area contributed by atoms with Crippen LogP contribution >= 0.6 is 0 Å². The average Bonchev–Trinajstić information content (AvgIpc) is 3.55. The number of hydrogen-bond donors (Lipinski definition) is 4. The number of carbonyl (C=O) groups is 1. The van der Waals surface area contributed by atoms with Gasteiger partial charge < -0.3 is 14.8 Å². The van der Waals surface area contributed by atoms with Gasteiger partial charge in [0.25, 0.3) is 30.4 Å². The van der Waals surface area contributed by atoms with E-state index in [2.05, 4.69) is 11.2 Å². The summed E-state index contributed by atoms with van der Waals surface area (Å²) in [6, 6.07) is 15.9. The number of hydrogen-bond acceptors (Lipinski definition) is 11. The number of unbranched alkanes of at least 4 members (excludes halogenated alkanes) is 1. The number of terminal acetylenes is 1. The van der Waals surface area contributed by atoms with Crippen LogP contribution in [0.15, 0.2) is 100 Å². The minimum atomic E-state index is -4.87. The highest BCUT2D eigenvalue weighted by Crippen LogP contribution is 2.51. The van der Waals surface area contributed by atoms with Gasteiger partial charge in [0.15, 0.2) is 5.71 Å². The summed E-state index contributed by atoms with van der Waals surface area (Å²) in [4.78, 5) is 13.0. The first-order valence-corrected chi connectivity index (χ1v) is 26.6. The van der Waals surface area contributed by atoms with Crippen LogP contribution in [0, 0.1) is 12.3 Å². The van der Waals surface area contributed by atoms with Gasteiger partial charge in [0.05, 0.1) is 33.3 Å². The van der Waals surface area contributed by atoms with E-state index in [-0.39, 0.29) is 43.0 Å². The van der Waals surface area contributed by atoms with Crippen LogP contribution in [-0.2, 0) is 62.5 Å². The molecule has 0 saturated carbocycles. The number of amides is 1. The summed E-state index contributed by atoms with van der Waals surface area (Å²) in [5.41, 5.74) is 3.67. The summed E-state index contributed by atoms with van der Waals surface area (Å²) in [5, 5.41) is 2.65. The maximum atomic E-state index is 12.3. The lowest BCUT2D eigenvalue weighted by Crippen LogP contribution is -2.31. The molecule has 0 spiro atoms. The molecule has 2 aliphatic heterocycles. The zero-order valence-corrected chi connectivity index (χ0v) is 39.7. The fraction of sp³-hybridized carbons (Fsp3) is 0.378.